The van der Waals surface area contributed by atoms with Crippen LogP contribution in [0, 0.1) is 10.1 Å². The first kappa shape index (κ1) is 19.7. The van der Waals surface area contributed by atoms with E-state index in [0.717, 1.165) is 5.56 Å². The van der Waals surface area contributed by atoms with Gasteiger partial charge in [-0.25, -0.2) is 10.2 Å². The van der Waals surface area contributed by atoms with E-state index in [0.29, 0.717) is 17.1 Å². The SMILES string of the molecule is CCOC(=O)N/N=C\c1ccc(OC)c(OCc2ccc([N+](=O)[O-])cc2)c1. The van der Waals surface area contributed by atoms with Gasteiger partial charge in [-0.05, 0) is 48.4 Å². The number of ether oxygens (including phenoxy) is 3. The largest absolute Gasteiger partial charge is 0.493 e. The van der Waals surface area contributed by atoms with Gasteiger partial charge in [0.2, 0.25) is 0 Å². The molecule has 0 fully saturated rings. The van der Waals surface area contributed by atoms with Crippen molar-refractivity contribution in [3.05, 3.63) is 63.7 Å². The van der Waals surface area contributed by atoms with Crippen molar-refractivity contribution in [3.63, 3.8) is 0 Å². The molecule has 0 aliphatic heterocycles. The number of nitro groups is 1. The third-order valence-corrected chi connectivity index (χ3v) is 3.37. The number of benzene rings is 2. The number of nitro benzene ring substituents is 1. The zero-order valence-electron chi connectivity index (χ0n) is 14.9. The molecule has 2 rings (SSSR count). The summed E-state index contributed by atoms with van der Waals surface area (Å²) in [5.41, 5.74) is 3.69. The minimum Gasteiger partial charge on any atom is -0.493 e. The highest BCUT2D eigenvalue weighted by atomic mass is 16.6. The predicted octanol–water partition coefficient (Wildman–Crippen LogP) is 3.26. The summed E-state index contributed by atoms with van der Waals surface area (Å²) in [6.07, 6.45) is 0.798. The van der Waals surface area contributed by atoms with Gasteiger partial charge in [-0.2, -0.15) is 5.10 Å². The van der Waals surface area contributed by atoms with E-state index < -0.39 is 11.0 Å². The van der Waals surface area contributed by atoms with Crippen LogP contribution in [0.3, 0.4) is 0 Å². The van der Waals surface area contributed by atoms with Gasteiger partial charge in [0.1, 0.15) is 6.61 Å². The Morgan fingerprint density at radius 3 is 2.59 bits per heavy atom. The van der Waals surface area contributed by atoms with Gasteiger partial charge in [-0.3, -0.25) is 10.1 Å². The molecule has 0 radical (unpaired) electrons. The van der Waals surface area contributed by atoms with E-state index in [2.05, 4.69) is 10.5 Å². The molecule has 0 spiro atoms. The van der Waals surface area contributed by atoms with E-state index in [4.69, 9.17) is 14.2 Å². The van der Waals surface area contributed by atoms with Crippen LogP contribution in [0.4, 0.5) is 10.5 Å². The van der Waals surface area contributed by atoms with Crippen molar-refractivity contribution in [2.75, 3.05) is 13.7 Å². The number of non-ortho nitro benzene ring substituents is 1. The number of methoxy groups -OCH3 is 1. The summed E-state index contributed by atoms with van der Waals surface area (Å²) in [6.45, 7) is 2.15. The Balaban J connectivity index is 2.05. The monoisotopic (exact) mass is 373 g/mol. The van der Waals surface area contributed by atoms with Crippen molar-refractivity contribution in [2.24, 2.45) is 5.10 Å². The fourth-order valence-electron chi connectivity index (χ4n) is 2.08. The lowest BCUT2D eigenvalue weighted by atomic mass is 10.2. The maximum absolute atomic E-state index is 11.2. The molecule has 2 aromatic rings. The third kappa shape index (κ3) is 5.99. The molecule has 0 heterocycles. The molecule has 0 aliphatic rings. The molecular formula is C18H19N3O6. The number of carbonyl (C=O) groups is 1. The van der Waals surface area contributed by atoms with Crippen molar-refractivity contribution in [2.45, 2.75) is 13.5 Å². The summed E-state index contributed by atoms with van der Waals surface area (Å²) in [5, 5.41) is 14.5. The van der Waals surface area contributed by atoms with Crippen molar-refractivity contribution < 1.29 is 23.9 Å². The smallest absolute Gasteiger partial charge is 0.427 e. The average molecular weight is 373 g/mol. The van der Waals surface area contributed by atoms with Gasteiger partial charge in [0.15, 0.2) is 11.5 Å². The topological polar surface area (TPSA) is 112 Å². The Morgan fingerprint density at radius 2 is 1.96 bits per heavy atom. The van der Waals surface area contributed by atoms with Gasteiger partial charge in [0.05, 0.1) is 24.9 Å². The number of hydrazone groups is 1. The molecule has 0 unspecified atom stereocenters. The normalized spacial score (nSPS) is 10.4. The first-order valence-corrected chi connectivity index (χ1v) is 8.03. The Hall–Kier alpha value is -3.62. The number of hydrogen-bond acceptors (Lipinski definition) is 7. The quantitative estimate of drug-likeness (QED) is 0.432. The van der Waals surface area contributed by atoms with E-state index >= 15 is 0 Å². The summed E-state index contributed by atoms with van der Waals surface area (Å²) in [5.74, 6) is 0.989. The summed E-state index contributed by atoms with van der Waals surface area (Å²) < 4.78 is 15.7. The van der Waals surface area contributed by atoms with E-state index in [-0.39, 0.29) is 18.9 Å². The highest BCUT2D eigenvalue weighted by Gasteiger charge is 2.08. The molecule has 0 aliphatic carbocycles. The second-order valence-corrected chi connectivity index (χ2v) is 5.21. The highest BCUT2D eigenvalue weighted by Crippen LogP contribution is 2.28. The Morgan fingerprint density at radius 1 is 1.22 bits per heavy atom. The van der Waals surface area contributed by atoms with Crippen molar-refractivity contribution in [1.29, 1.82) is 0 Å². The number of rotatable bonds is 8. The second-order valence-electron chi connectivity index (χ2n) is 5.21. The van der Waals surface area contributed by atoms with Gasteiger partial charge in [-0.1, -0.05) is 0 Å². The molecule has 142 valence electrons. The fraction of sp³-hybridized carbons (Fsp3) is 0.222. The van der Waals surface area contributed by atoms with Crippen LogP contribution in [0.25, 0.3) is 0 Å². The fourth-order valence-corrected chi connectivity index (χ4v) is 2.08. The number of carbonyl (C=O) groups excluding carboxylic acids is 1. The summed E-state index contributed by atoms with van der Waals surface area (Å²) >= 11 is 0. The van der Waals surface area contributed by atoms with Crippen LogP contribution in [0.1, 0.15) is 18.1 Å². The van der Waals surface area contributed by atoms with Gasteiger partial charge in [0, 0.05) is 12.1 Å². The lowest BCUT2D eigenvalue weighted by molar-refractivity contribution is -0.384. The minimum absolute atomic E-state index is 0.0173. The Kier molecular flexibility index (Phi) is 7.12. The zero-order chi connectivity index (χ0) is 19.6. The summed E-state index contributed by atoms with van der Waals surface area (Å²) in [7, 11) is 1.52. The number of nitrogens with zero attached hydrogens (tertiary/aromatic N) is 2. The van der Waals surface area contributed by atoms with E-state index in [1.54, 1.807) is 37.3 Å². The molecule has 0 saturated carbocycles. The summed E-state index contributed by atoms with van der Waals surface area (Å²) in [4.78, 5) is 21.4. The van der Waals surface area contributed by atoms with Crippen molar-refractivity contribution >= 4 is 18.0 Å². The third-order valence-electron chi connectivity index (χ3n) is 3.37. The van der Waals surface area contributed by atoms with E-state index in [9.17, 15) is 14.9 Å². The molecule has 2 aromatic carbocycles. The Labute approximate surface area is 155 Å². The van der Waals surface area contributed by atoms with E-state index in [1.807, 2.05) is 0 Å². The second kappa shape index (κ2) is 9.76. The van der Waals surface area contributed by atoms with Gasteiger partial charge >= 0.3 is 6.09 Å². The number of nitrogens with one attached hydrogen (secondary N) is 1. The van der Waals surface area contributed by atoms with Crippen LogP contribution in [0.15, 0.2) is 47.6 Å². The molecule has 9 heteroatoms. The lowest BCUT2D eigenvalue weighted by Crippen LogP contribution is -2.18. The average Bonchev–Trinajstić information content (AvgIpc) is 2.67. The number of amides is 1. The van der Waals surface area contributed by atoms with Crippen LogP contribution in [-0.4, -0.2) is 30.9 Å². The lowest BCUT2D eigenvalue weighted by Gasteiger charge is -2.11. The zero-order valence-corrected chi connectivity index (χ0v) is 14.9. The standard InChI is InChI=1S/C18H19N3O6/c1-3-26-18(22)20-19-11-14-6-9-16(25-2)17(10-14)27-12-13-4-7-15(8-5-13)21(23)24/h4-11H,3,12H2,1-2H3,(H,20,22)/b19-11-. The number of hydrogen-bond donors (Lipinski definition) is 1. The molecule has 1 amide bonds. The maximum atomic E-state index is 11.2. The molecule has 0 saturated heterocycles. The Bertz CT molecular complexity index is 820. The van der Waals surface area contributed by atoms with Crippen LogP contribution in [0.5, 0.6) is 11.5 Å². The molecule has 0 atom stereocenters. The highest BCUT2D eigenvalue weighted by molar-refractivity contribution is 5.82. The molecule has 1 N–H and O–H groups in total. The van der Waals surface area contributed by atoms with Crippen LogP contribution in [-0.2, 0) is 11.3 Å². The maximum Gasteiger partial charge on any atom is 0.427 e. The predicted molar refractivity (Wildman–Crippen MR) is 98.2 cm³/mol. The molecule has 27 heavy (non-hydrogen) atoms. The van der Waals surface area contributed by atoms with Crippen molar-refractivity contribution in [3.8, 4) is 11.5 Å². The van der Waals surface area contributed by atoms with Gasteiger partial charge in [-0.15, -0.1) is 0 Å². The van der Waals surface area contributed by atoms with Crippen LogP contribution in [0.2, 0.25) is 0 Å². The van der Waals surface area contributed by atoms with Crippen LogP contribution >= 0.6 is 0 Å². The first-order valence-electron chi connectivity index (χ1n) is 8.03. The van der Waals surface area contributed by atoms with Gasteiger partial charge in [0.25, 0.3) is 5.69 Å². The van der Waals surface area contributed by atoms with Crippen molar-refractivity contribution in [1.82, 2.24) is 5.43 Å². The molecule has 0 bridgehead atoms. The van der Waals surface area contributed by atoms with Crippen LogP contribution < -0.4 is 14.9 Å². The molecule has 0 aromatic heterocycles. The van der Waals surface area contributed by atoms with Gasteiger partial charge < -0.3 is 14.2 Å². The summed E-state index contributed by atoms with van der Waals surface area (Å²) in [6, 6.07) is 11.2. The molecular weight excluding hydrogens is 354 g/mol. The first-order chi connectivity index (χ1) is 13.0. The minimum atomic E-state index is -0.642. The van der Waals surface area contributed by atoms with E-state index in [1.165, 1.54) is 25.5 Å². The molecule has 9 nitrogen and oxygen atoms in total.